The van der Waals surface area contributed by atoms with E-state index in [4.69, 9.17) is 5.73 Å². The summed E-state index contributed by atoms with van der Waals surface area (Å²) in [5.74, 6) is -0.214. The number of aromatic nitrogens is 2. The molecule has 4 nitrogen and oxygen atoms in total. The summed E-state index contributed by atoms with van der Waals surface area (Å²) in [7, 11) is 1.69. The minimum Gasteiger partial charge on any atom is -0.368 e. The molecule has 0 aromatic carbocycles. The second-order valence-corrected chi connectivity index (χ2v) is 5.74. The van der Waals surface area contributed by atoms with Crippen molar-refractivity contribution in [2.24, 2.45) is 0 Å². The Balaban J connectivity index is 2.22. The van der Waals surface area contributed by atoms with Crippen molar-refractivity contribution < 1.29 is 13.2 Å². The average molecular weight is 316 g/mol. The molecule has 0 aliphatic heterocycles. The van der Waals surface area contributed by atoms with E-state index in [1.807, 2.05) is 24.4 Å². The van der Waals surface area contributed by atoms with Gasteiger partial charge in [0.25, 0.3) is 0 Å². The van der Waals surface area contributed by atoms with Crippen LogP contribution in [0, 0.1) is 0 Å². The summed E-state index contributed by atoms with van der Waals surface area (Å²) in [6.45, 7) is 1.92. The highest BCUT2D eigenvalue weighted by Crippen LogP contribution is 2.30. The Labute approximate surface area is 124 Å². The van der Waals surface area contributed by atoms with Crippen LogP contribution in [0.2, 0.25) is 0 Å². The number of nitrogens with two attached hydrogens (primary N) is 1. The van der Waals surface area contributed by atoms with Gasteiger partial charge >= 0.3 is 6.18 Å². The molecule has 0 aliphatic carbocycles. The molecule has 2 aromatic heterocycles. The number of halogens is 3. The van der Waals surface area contributed by atoms with Gasteiger partial charge in [-0.3, -0.25) is 0 Å². The molecule has 0 bridgehead atoms. The second kappa shape index (κ2) is 5.88. The zero-order valence-corrected chi connectivity index (χ0v) is 12.4. The number of nitrogens with zero attached hydrogens (tertiary/aromatic N) is 3. The van der Waals surface area contributed by atoms with Crippen LogP contribution in [0.25, 0.3) is 0 Å². The first-order valence-electron chi connectivity index (χ1n) is 6.24. The molecule has 2 aromatic rings. The molecule has 0 amide bonds. The molecule has 0 saturated carbocycles. The quantitative estimate of drug-likeness (QED) is 0.941. The van der Waals surface area contributed by atoms with Crippen LogP contribution in [-0.4, -0.2) is 23.1 Å². The van der Waals surface area contributed by atoms with Crippen molar-refractivity contribution >= 4 is 23.1 Å². The third-order valence-corrected chi connectivity index (χ3v) is 4.02. The van der Waals surface area contributed by atoms with Crippen LogP contribution in [0.3, 0.4) is 0 Å². The van der Waals surface area contributed by atoms with Crippen LogP contribution in [0.1, 0.15) is 17.5 Å². The SMILES string of the molecule is CC(Cc1cccs1)N(C)c1cc(C(F)(F)F)nc(N)n1. The first-order chi connectivity index (χ1) is 9.77. The number of rotatable bonds is 4. The lowest BCUT2D eigenvalue weighted by atomic mass is 10.2. The van der Waals surface area contributed by atoms with E-state index in [1.165, 1.54) is 0 Å². The highest BCUT2D eigenvalue weighted by Gasteiger charge is 2.34. The second-order valence-electron chi connectivity index (χ2n) is 4.71. The van der Waals surface area contributed by atoms with E-state index in [0.717, 1.165) is 17.4 Å². The van der Waals surface area contributed by atoms with Gasteiger partial charge in [0.2, 0.25) is 5.95 Å². The Kier molecular flexibility index (Phi) is 4.36. The van der Waals surface area contributed by atoms with Crippen LogP contribution < -0.4 is 10.6 Å². The number of hydrogen-bond acceptors (Lipinski definition) is 5. The van der Waals surface area contributed by atoms with Crippen molar-refractivity contribution in [2.75, 3.05) is 17.7 Å². The van der Waals surface area contributed by atoms with E-state index in [2.05, 4.69) is 9.97 Å². The summed E-state index contributed by atoms with van der Waals surface area (Å²) in [6, 6.07) is 4.84. The number of alkyl halides is 3. The van der Waals surface area contributed by atoms with Gasteiger partial charge in [0.15, 0.2) is 5.69 Å². The predicted octanol–water partition coefficient (Wildman–Crippen LogP) is 3.21. The molecule has 0 saturated heterocycles. The summed E-state index contributed by atoms with van der Waals surface area (Å²) >= 11 is 1.61. The van der Waals surface area contributed by atoms with E-state index >= 15 is 0 Å². The Morgan fingerprint density at radius 1 is 1.38 bits per heavy atom. The van der Waals surface area contributed by atoms with Gasteiger partial charge in [0.1, 0.15) is 5.82 Å². The molecule has 2 heterocycles. The van der Waals surface area contributed by atoms with Gasteiger partial charge in [-0.15, -0.1) is 11.3 Å². The summed E-state index contributed by atoms with van der Waals surface area (Å²) in [5, 5.41) is 1.96. The van der Waals surface area contributed by atoms with Crippen molar-refractivity contribution in [3.63, 3.8) is 0 Å². The molecule has 0 aliphatic rings. The van der Waals surface area contributed by atoms with Gasteiger partial charge in [-0.1, -0.05) is 6.07 Å². The van der Waals surface area contributed by atoms with E-state index in [9.17, 15) is 13.2 Å². The van der Waals surface area contributed by atoms with Crippen molar-refractivity contribution in [2.45, 2.75) is 25.6 Å². The molecule has 0 spiro atoms. The fourth-order valence-electron chi connectivity index (χ4n) is 1.86. The zero-order valence-electron chi connectivity index (χ0n) is 11.6. The standard InChI is InChI=1S/C13H15F3N4S/c1-8(6-9-4-3-5-21-9)20(2)11-7-10(13(14,15)16)18-12(17)19-11/h3-5,7-8H,6H2,1-2H3,(H2,17,18,19). The van der Waals surface area contributed by atoms with Crippen molar-refractivity contribution in [3.05, 3.63) is 34.2 Å². The largest absolute Gasteiger partial charge is 0.433 e. The maximum atomic E-state index is 12.8. The molecular formula is C13H15F3N4S. The third kappa shape index (κ3) is 3.84. The van der Waals surface area contributed by atoms with E-state index in [0.29, 0.717) is 0 Å². The smallest absolute Gasteiger partial charge is 0.368 e. The Hall–Kier alpha value is -1.83. The molecular weight excluding hydrogens is 301 g/mol. The fourth-order valence-corrected chi connectivity index (χ4v) is 2.69. The molecule has 1 atom stereocenters. The van der Waals surface area contributed by atoms with Crippen molar-refractivity contribution in [1.29, 1.82) is 0 Å². The molecule has 1 unspecified atom stereocenters. The lowest BCUT2D eigenvalue weighted by Crippen LogP contribution is -2.32. The van der Waals surface area contributed by atoms with Gasteiger partial charge in [0.05, 0.1) is 0 Å². The molecule has 0 fully saturated rings. The molecule has 21 heavy (non-hydrogen) atoms. The lowest BCUT2D eigenvalue weighted by Gasteiger charge is -2.26. The third-order valence-electron chi connectivity index (χ3n) is 3.12. The van der Waals surface area contributed by atoms with Crippen molar-refractivity contribution in [1.82, 2.24) is 9.97 Å². The number of anilines is 2. The highest BCUT2D eigenvalue weighted by molar-refractivity contribution is 7.09. The first-order valence-corrected chi connectivity index (χ1v) is 7.12. The van der Waals surface area contributed by atoms with Gasteiger partial charge in [0, 0.05) is 30.5 Å². The monoisotopic (exact) mass is 316 g/mol. The molecule has 2 rings (SSSR count). The van der Waals surface area contributed by atoms with E-state index in [-0.39, 0.29) is 17.8 Å². The minimum absolute atomic E-state index is 0.0148. The fraction of sp³-hybridized carbons (Fsp3) is 0.385. The Morgan fingerprint density at radius 2 is 2.10 bits per heavy atom. The summed E-state index contributed by atoms with van der Waals surface area (Å²) in [6.07, 6.45) is -3.82. The van der Waals surface area contributed by atoms with Gasteiger partial charge in [-0.2, -0.15) is 18.2 Å². The van der Waals surface area contributed by atoms with Gasteiger partial charge in [-0.25, -0.2) is 4.98 Å². The molecule has 0 radical (unpaired) electrons. The predicted molar refractivity (Wildman–Crippen MR) is 77.3 cm³/mol. The van der Waals surface area contributed by atoms with Gasteiger partial charge < -0.3 is 10.6 Å². The Bertz CT molecular complexity index is 598. The van der Waals surface area contributed by atoms with Crippen LogP contribution in [-0.2, 0) is 12.6 Å². The average Bonchev–Trinajstić information content (AvgIpc) is 2.88. The number of hydrogen-bond donors (Lipinski definition) is 1. The molecule has 114 valence electrons. The van der Waals surface area contributed by atoms with Crippen LogP contribution in [0.15, 0.2) is 23.6 Å². The van der Waals surface area contributed by atoms with Crippen molar-refractivity contribution in [3.8, 4) is 0 Å². The van der Waals surface area contributed by atoms with E-state index < -0.39 is 11.9 Å². The Morgan fingerprint density at radius 3 is 2.67 bits per heavy atom. The maximum absolute atomic E-state index is 12.8. The van der Waals surface area contributed by atoms with Gasteiger partial charge in [-0.05, 0) is 18.4 Å². The van der Waals surface area contributed by atoms with Crippen LogP contribution in [0.4, 0.5) is 24.9 Å². The summed E-state index contributed by atoms with van der Waals surface area (Å²) < 4.78 is 38.3. The molecule has 2 N–H and O–H groups in total. The number of likely N-dealkylation sites (N-methyl/N-ethyl adjacent to an activating group) is 1. The summed E-state index contributed by atoms with van der Waals surface area (Å²) in [5.41, 5.74) is 4.36. The number of thiophene rings is 1. The normalized spacial score (nSPS) is 13.2. The van der Waals surface area contributed by atoms with Crippen LogP contribution in [0.5, 0.6) is 0 Å². The van der Waals surface area contributed by atoms with Crippen LogP contribution >= 0.6 is 11.3 Å². The first kappa shape index (κ1) is 15.6. The number of nitrogen functional groups attached to an aromatic ring is 1. The maximum Gasteiger partial charge on any atom is 0.433 e. The minimum atomic E-state index is -4.54. The molecule has 8 heteroatoms. The topological polar surface area (TPSA) is 55.0 Å². The lowest BCUT2D eigenvalue weighted by molar-refractivity contribution is -0.141. The van der Waals surface area contributed by atoms with E-state index in [1.54, 1.807) is 23.3 Å². The zero-order chi connectivity index (χ0) is 15.6. The highest BCUT2D eigenvalue weighted by atomic mass is 32.1. The summed E-state index contributed by atoms with van der Waals surface area (Å²) in [4.78, 5) is 9.97.